The smallest absolute Gasteiger partial charge is 0.299 e. The van der Waals surface area contributed by atoms with Crippen LogP contribution >= 0.6 is 15.9 Å². The summed E-state index contributed by atoms with van der Waals surface area (Å²) in [6.45, 7) is 0. The molecule has 0 fully saturated rings. The van der Waals surface area contributed by atoms with Crippen LogP contribution < -0.4 is 0 Å². The molecule has 0 radical (unpaired) electrons. The number of aromatic nitrogens is 4. The first-order chi connectivity index (χ1) is 13.5. The zero-order valence-corrected chi connectivity index (χ0v) is 16.8. The summed E-state index contributed by atoms with van der Waals surface area (Å²) in [6.07, 6.45) is 3.74. The van der Waals surface area contributed by atoms with Gasteiger partial charge in [-0.15, -0.1) is 0 Å². The zero-order valence-electron chi connectivity index (χ0n) is 15.2. The van der Waals surface area contributed by atoms with E-state index in [-0.39, 0.29) is 11.7 Å². The van der Waals surface area contributed by atoms with Gasteiger partial charge in [0.1, 0.15) is 0 Å². The van der Waals surface area contributed by atoms with E-state index in [1.807, 2.05) is 71.9 Å². The number of hydrogen-bond acceptors (Lipinski definition) is 4. The SMILES string of the molecule is Cn1cc(C(=O)c2nc(-c3cn(C)c4ccccc34)no2)c2cc(Br)ccc21. The second-order valence-corrected chi connectivity index (χ2v) is 7.65. The van der Waals surface area contributed by atoms with Crippen molar-refractivity contribution >= 4 is 43.5 Å². The van der Waals surface area contributed by atoms with Crippen LogP contribution in [-0.4, -0.2) is 25.1 Å². The van der Waals surface area contributed by atoms with E-state index in [4.69, 9.17) is 4.52 Å². The normalized spacial score (nSPS) is 11.5. The van der Waals surface area contributed by atoms with E-state index in [1.165, 1.54) is 0 Å². The van der Waals surface area contributed by atoms with E-state index in [2.05, 4.69) is 26.1 Å². The quantitative estimate of drug-likeness (QED) is 0.385. The molecule has 6 nitrogen and oxygen atoms in total. The number of aryl methyl sites for hydroxylation is 2. The number of halogens is 1. The van der Waals surface area contributed by atoms with Gasteiger partial charge in [-0.05, 0) is 24.3 Å². The zero-order chi connectivity index (χ0) is 19.4. The lowest BCUT2D eigenvalue weighted by Crippen LogP contribution is -2.01. The van der Waals surface area contributed by atoms with Gasteiger partial charge in [-0.25, -0.2) is 0 Å². The first-order valence-electron chi connectivity index (χ1n) is 8.70. The van der Waals surface area contributed by atoms with Gasteiger partial charge in [0, 0.05) is 58.3 Å². The van der Waals surface area contributed by atoms with Crippen molar-refractivity contribution in [1.82, 2.24) is 19.3 Å². The first kappa shape index (κ1) is 16.9. The van der Waals surface area contributed by atoms with E-state index in [0.717, 1.165) is 31.8 Å². The summed E-state index contributed by atoms with van der Waals surface area (Å²) in [5.74, 6) is 0.0969. The van der Waals surface area contributed by atoms with Crippen LogP contribution in [0.3, 0.4) is 0 Å². The molecule has 0 atom stereocenters. The second-order valence-electron chi connectivity index (χ2n) is 6.74. The summed E-state index contributed by atoms with van der Waals surface area (Å²) < 4.78 is 10.2. The highest BCUT2D eigenvalue weighted by molar-refractivity contribution is 9.10. The molecule has 0 unspecified atom stereocenters. The van der Waals surface area contributed by atoms with Crippen LogP contribution in [0.4, 0.5) is 0 Å². The first-order valence-corrected chi connectivity index (χ1v) is 9.49. The number of benzene rings is 2. The largest absolute Gasteiger partial charge is 0.350 e. The van der Waals surface area contributed by atoms with Crippen LogP contribution in [0.2, 0.25) is 0 Å². The fourth-order valence-electron chi connectivity index (χ4n) is 3.61. The van der Waals surface area contributed by atoms with Crippen LogP contribution in [0.25, 0.3) is 33.2 Å². The average Bonchev–Trinajstić information content (AvgIpc) is 3.38. The van der Waals surface area contributed by atoms with Gasteiger partial charge in [-0.2, -0.15) is 4.98 Å². The number of nitrogens with zero attached hydrogens (tertiary/aromatic N) is 4. The maximum atomic E-state index is 13.1. The minimum absolute atomic E-state index is 0.0181. The van der Waals surface area contributed by atoms with Gasteiger partial charge in [0.05, 0.1) is 5.56 Å². The number of hydrogen-bond donors (Lipinski definition) is 0. The predicted octanol–water partition coefficient (Wildman–Crippen LogP) is 4.71. The van der Waals surface area contributed by atoms with E-state index < -0.39 is 0 Å². The summed E-state index contributed by atoms with van der Waals surface area (Å²) >= 11 is 3.47. The molecule has 0 aliphatic heterocycles. The molecule has 0 saturated heterocycles. The third-order valence-electron chi connectivity index (χ3n) is 4.95. The highest BCUT2D eigenvalue weighted by Gasteiger charge is 2.23. The minimum Gasteiger partial charge on any atom is -0.350 e. The van der Waals surface area contributed by atoms with Crippen molar-refractivity contribution in [2.75, 3.05) is 0 Å². The van der Waals surface area contributed by atoms with Crippen LogP contribution in [0.5, 0.6) is 0 Å². The molecule has 0 aliphatic rings. The van der Waals surface area contributed by atoms with Crippen molar-refractivity contribution in [3.63, 3.8) is 0 Å². The number of carbonyl (C=O) groups is 1. The summed E-state index contributed by atoms with van der Waals surface area (Å²) in [5.41, 5.74) is 3.39. The van der Waals surface area contributed by atoms with Crippen molar-refractivity contribution in [3.05, 3.63) is 70.8 Å². The van der Waals surface area contributed by atoms with E-state index in [9.17, 15) is 4.79 Å². The Morgan fingerprint density at radius 1 is 1.00 bits per heavy atom. The van der Waals surface area contributed by atoms with Crippen LogP contribution in [0, 0.1) is 0 Å². The number of rotatable bonds is 3. The highest BCUT2D eigenvalue weighted by Crippen LogP contribution is 2.30. The molecular weight excluding hydrogens is 420 g/mol. The second kappa shape index (κ2) is 6.17. The predicted molar refractivity (Wildman–Crippen MR) is 110 cm³/mol. The Morgan fingerprint density at radius 2 is 1.75 bits per heavy atom. The molecule has 0 saturated carbocycles. The fraction of sp³-hybridized carbons (Fsp3) is 0.0952. The van der Waals surface area contributed by atoms with Crippen LogP contribution in [0.15, 0.2) is 63.9 Å². The lowest BCUT2D eigenvalue weighted by Gasteiger charge is -1.96. The maximum Gasteiger partial charge on any atom is 0.299 e. The fourth-order valence-corrected chi connectivity index (χ4v) is 3.97. The molecule has 0 N–H and O–H groups in total. The van der Waals surface area contributed by atoms with Gasteiger partial charge < -0.3 is 13.7 Å². The number of fused-ring (bicyclic) bond motifs is 2. The maximum absolute atomic E-state index is 13.1. The molecule has 5 rings (SSSR count). The summed E-state index contributed by atoms with van der Waals surface area (Å²) in [5, 5.41) is 5.92. The van der Waals surface area contributed by atoms with Crippen molar-refractivity contribution in [3.8, 4) is 11.4 Å². The van der Waals surface area contributed by atoms with Crippen LogP contribution in [0.1, 0.15) is 16.2 Å². The van der Waals surface area contributed by atoms with Crippen molar-refractivity contribution < 1.29 is 9.32 Å². The minimum atomic E-state index is -0.289. The molecule has 0 spiro atoms. The Bertz CT molecular complexity index is 1380. The summed E-state index contributed by atoms with van der Waals surface area (Å²) in [7, 11) is 3.87. The van der Waals surface area contributed by atoms with E-state index in [1.54, 1.807) is 6.20 Å². The number of ketones is 1. The van der Waals surface area contributed by atoms with Crippen LogP contribution in [-0.2, 0) is 14.1 Å². The Hall–Kier alpha value is -3.19. The molecule has 3 heterocycles. The summed E-state index contributed by atoms with van der Waals surface area (Å²) in [6, 6.07) is 13.8. The lowest BCUT2D eigenvalue weighted by atomic mass is 10.1. The molecule has 3 aromatic heterocycles. The molecule has 0 amide bonds. The molecule has 28 heavy (non-hydrogen) atoms. The van der Waals surface area contributed by atoms with Gasteiger partial charge in [-0.3, -0.25) is 4.79 Å². The Morgan fingerprint density at radius 3 is 2.61 bits per heavy atom. The molecule has 7 heteroatoms. The molecule has 2 aromatic carbocycles. The van der Waals surface area contributed by atoms with Crippen molar-refractivity contribution in [2.45, 2.75) is 0 Å². The van der Waals surface area contributed by atoms with Gasteiger partial charge in [-0.1, -0.05) is 39.3 Å². The van der Waals surface area contributed by atoms with Gasteiger partial charge >= 0.3 is 0 Å². The standard InChI is InChI=1S/C21H15BrN4O2/c1-25-10-15(14-9-12(22)7-8-18(14)25)19(27)21-23-20(24-28-21)16-11-26(2)17-6-4-3-5-13(16)17/h3-11H,1-2H3. The summed E-state index contributed by atoms with van der Waals surface area (Å²) in [4.78, 5) is 17.5. The third-order valence-corrected chi connectivity index (χ3v) is 5.45. The van der Waals surface area contributed by atoms with Gasteiger partial charge in [0.25, 0.3) is 11.7 Å². The third kappa shape index (κ3) is 2.51. The molecule has 0 aliphatic carbocycles. The highest BCUT2D eigenvalue weighted by atomic mass is 79.9. The topological polar surface area (TPSA) is 65.8 Å². The number of carbonyl (C=O) groups excluding carboxylic acids is 1. The van der Waals surface area contributed by atoms with Gasteiger partial charge in [0.15, 0.2) is 0 Å². The Balaban J connectivity index is 1.60. The molecule has 0 bridgehead atoms. The molecule has 5 aromatic rings. The van der Waals surface area contributed by atoms with E-state index in [0.29, 0.717) is 11.4 Å². The van der Waals surface area contributed by atoms with Gasteiger partial charge in [0.2, 0.25) is 5.82 Å². The lowest BCUT2D eigenvalue weighted by molar-refractivity contribution is 0.0995. The molecule has 138 valence electrons. The average molecular weight is 435 g/mol. The van der Waals surface area contributed by atoms with E-state index >= 15 is 0 Å². The van der Waals surface area contributed by atoms with Crippen molar-refractivity contribution in [1.29, 1.82) is 0 Å². The Labute approximate surface area is 168 Å². The van der Waals surface area contributed by atoms with Crippen molar-refractivity contribution in [2.24, 2.45) is 14.1 Å². The monoisotopic (exact) mass is 434 g/mol. The molecular formula is C21H15BrN4O2. The number of para-hydroxylation sites is 1. The Kier molecular flexibility index (Phi) is 3.73.